The van der Waals surface area contributed by atoms with E-state index < -0.39 is 0 Å². The summed E-state index contributed by atoms with van der Waals surface area (Å²) in [6, 6.07) is 7.68. The first-order chi connectivity index (χ1) is 11.6. The summed E-state index contributed by atoms with van der Waals surface area (Å²) < 4.78 is 0. The van der Waals surface area contributed by atoms with Gasteiger partial charge in [-0.15, -0.1) is 11.8 Å². The van der Waals surface area contributed by atoms with Crippen LogP contribution in [0.1, 0.15) is 39.5 Å². The van der Waals surface area contributed by atoms with Crippen molar-refractivity contribution in [3.63, 3.8) is 0 Å². The summed E-state index contributed by atoms with van der Waals surface area (Å²) in [7, 11) is 0. The van der Waals surface area contributed by atoms with Crippen LogP contribution in [-0.4, -0.2) is 42.2 Å². The Balaban J connectivity index is 1.67. The monoisotopic (exact) mass is 368 g/mol. The molecule has 1 aromatic rings. The van der Waals surface area contributed by atoms with E-state index in [-0.39, 0.29) is 11.2 Å². The number of carbonyl (C=O) groups excluding carboxylic acids is 1. The first-order valence-corrected chi connectivity index (χ1v) is 10.3. The fourth-order valence-corrected chi connectivity index (χ4v) is 4.02. The maximum atomic E-state index is 12.4. The topological polar surface area (TPSA) is 32.3 Å². The summed E-state index contributed by atoms with van der Waals surface area (Å²) in [5.74, 6) is 1.01. The van der Waals surface area contributed by atoms with Gasteiger partial charge < -0.3 is 10.2 Å². The van der Waals surface area contributed by atoms with Gasteiger partial charge in [-0.2, -0.15) is 0 Å². The van der Waals surface area contributed by atoms with Gasteiger partial charge in [0.1, 0.15) is 0 Å². The Bertz CT molecular complexity index is 501. The minimum absolute atomic E-state index is 0.0398. The minimum atomic E-state index is -0.0398. The number of amides is 1. The highest BCUT2D eigenvalue weighted by atomic mass is 35.5. The smallest absolute Gasteiger partial charge is 0.233 e. The predicted octanol–water partition coefficient (Wildman–Crippen LogP) is 4.45. The fraction of sp³-hybridized carbons (Fsp3) is 0.632. The number of hydrogen-bond acceptors (Lipinski definition) is 3. The van der Waals surface area contributed by atoms with Crippen molar-refractivity contribution in [3.05, 3.63) is 29.3 Å². The lowest BCUT2D eigenvalue weighted by molar-refractivity contribution is -0.120. The van der Waals surface area contributed by atoms with Crippen molar-refractivity contribution in [1.29, 1.82) is 0 Å². The fourth-order valence-electron chi connectivity index (χ4n) is 2.91. The first-order valence-electron chi connectivity index (χ1n) is 9.00. The van der Waals surface area contributed by atoms with Crippen LogP contribution in [0.3, 0.4) is 0 Å². The molecule has 3 nitrogen and oxygen atoms in total. The van der Waals surface area contributed by atoms with E-state index in [0.717, 1.165) is 41.8 Å². The third kappa shape index (κ3) is 6.66. The van der Waals surface area contributed by atoms with E-state index >= 15 is 0 Å². The predicted molar refractivity (Wildman–Crippen MR) is 104 cm³/mol. The molecule has 2 rings (SSSR count). The molecule has 24 heavy (non-hydrogen) atoms. The third-order valence-corrected chi connectivity index (χ3v) is 6.21. The van der Waals surface area contributed by atoms with Crippen molar-refractivity contribution in [2.24, 2.45) is 5.92 Å². The van der Waals surface area contributed by atoms with Gasteiger partial charge in [-0.25, -0.2) is 0 Å². The molecule has 0 radical (unpaired) electrons. The maximum Gasteiger partial charge on any atom is 0.233 e. The molecule has 0 unspecified atom stereocenters. The van der Waals surface area contributed by atoms with Crippen LogP contribution in [0.25, 0.3) is 0 Å². The number of benzene rings is 1. The van der Waals surface area contributed by atoms with Crippen LogP contribution in [-0.2, 0) is 4.79 Å². The summed E-state index contributed by atoms with van der Waals surface area (Å²) in [5.41, 5.74) is 0. The van der Waals surface area contributed by atoms with E-state index in [1.165, 1.54) is 25.9 Å². The average molecular weight is 369 g/mol. The summed E-state index contributed by atoms with van der Waals surface area (Å²) in [6.45, 7) is 8.66. The first kappa shape index (κ1) is 19.6. The van der Waals surface area contributed by atoms with Crippen molar-refractivity contribution in [1.82, 2.24) is 10.2 Å². The van der Waals surface area contributed by atoms with E-state index in [4.69, 9.17) is 11.6 Å². The molecule has 1 aliphatic heterocycles. The zero-order valence-corrected chi connectivity index (χ0v) is 16.3. The number of hydrogen-bond donors (Lipinski definition) is 1. The summed E-state index contributed by atoms with van der Waals surface area (Å²) in [4.78, 5) is 16.0. The van der Waals surface area contributed by atoms with Crippen LogP contribution in [0, 0.1) is 5.92 Å². The Morgan fingerprint density at radius 1 is 1.33 bits per heavy atom. The second-order valence-corrected chi connectivity index (χ2v) is 8.35. The number of carbonyl (C=O) groups is 1. The Hall–Kier alpha value is -0.710. The van der Waals surface area contributed by atoms with Gasteiger partial charge in [0.05, 0.1) is 5.25 Å². The average Bonchev–Trinajstić information content (AvgIpc) is 2.59. The normalized spacial score (nSPS) is 17.6. The van der Waals surface area contributed by atoms with E-state index in [1.54, 1.807) is 11.8 Å². The number of nitrogens with one attached hydrogen (secondary N) is 1. The number of likely N-dealkylation sites (tertiary alicyclic amines) is 1. The molecule has 1 atom stereocenters. The van der Waals surface area contributed by atoms with Crippen LogP contribution in [0.4, 0.5) is 0 Å². The van der Waals surface area contributed by atoms with Gasteiger partial charge in [0.15, 0.2) is 0 Å². The van der Waals surface area contributed by atoms with Crippen molar-refractivity contribution in [2.45, 2.75) is 49.7 Å². The van der Waals surface area contributed by atoms with Crippen molar-refractivity contribution < 1.29 is 4.79 Å². The lowest BCUT2D eigenvalue weighted by Crippen LogP contribution is -2.37. The van der Waals surface area contributed by atoms with Gasteiger partial charge in [0.2, 0.25) is 5.91 Å². The second-order valence-electron chi connectivity index (χ2n) is 6.64. The Morgan fingerprint density at radius 2 is 2.00 bits per heavy atom. The number of thioether (sulfide) groups is 1. The molecule has 134 valence electrons. The molecular weight excluding hydrogens is 340 g/mol. The Kier molecular flexibility index (Phi) is 8.43. The largest absolute Gasteiger partial charge is 0.355 e. The third-order valence-electron chi connectivity index (χ3n) is 4.58. The maximum absolute atomic E-state index is 12.4. The number of rotatable bonds is 8. The number of halogens is 1. The van der Waals surface area contributed by atoms with Crippen LogP contribution in [0.2, 0.25) is 5.02 Å². The highest BCUT2D eigenvalue weighted by Crippen LogP contribution is 2.26. The molecule has 0 bridgehead atoms. The molecule has 1 N–H and O–H groups in total. The zero-order chi connectivity index (χ0) is 17.4. The van der Waals surface area contributed by atoms with Crippen molar-refractivity contribution >= 4 is 29.3 Å². The molecule has 1 aromatic carbocycles. The SMILES string of the molecule is CC[C@@H](Sc1ccc(Cl)cc1)C(=O)NCCCN1CCC(C)CC1. The molecule has 0 aromatic heterocycles. The Morgan fingerprint density at radius 3 is 2.62 bits per heavy atom. The Labute approximate surface area is 155 Å². The molecule has 0 spiro atoms. The molecule has 5 heteroatoms. The quantitative estimate of drug-likeness (QED) is 0.543. The van der Waals surface area contributed by atoms with Gasteiger partial charge in [-0.3, -0.25) is 4.79 Å². The number of piperidine rings is 1. The lowest BCUT2D eigenvalue weighted by atomic mass is 9.99. The molecule has 0 aliphatic carbocycles. The van der Waals surface area contributed by atoms with Crippen LogP contribution in [0.15, 0.2) is 29.2 Å². The number of nitrogens with zero attached hydrogens (tertiary/aromatic N) is 1. The second kappa shape index (κ2) is 10.3. The molecular formula is C19H29ClN2OS. The summed E-state index contributed by atoms with van der Waals surface area (Å²) in [6.07, 6.45) is 4.47. The van der Waals surface area contributed by atoms with Crippen molar-refractivity contribution in [2.75, 3.05) is 26.2 Å². The molecule has 1 fully saturated rings. The summed E-state index contributed by atoms with van der Waals surface area (Å²) in [5, 5.41) is 3.79. The van der Waals surface area contributed by atoms with E-state index in [0.29, 0.717) is 0 Å². The van der Waals surface area contributed by atoms with Gasteiger partial charge in [-0.05, 0) is 75.5 Å². The van der Waals surface area contributed by atoms with Gasteiger partial charge in [-0.1, -0.05) is 25.4 Å². The zero-order valence-electron chi connectivity index (χ0n) is 14.8. The standard InChI is InChI=1S/C19H29ClN2OS/c1-3-18(24-17-7-5-16(20)6-8-17)19(23)21-11-4-12-22-13-9-15(2)10-14-22/h5-8,15,18H,3-4,9-14H2,1-2H3,(H,21,23)/t18-/m1/s1. The van der Waals surface area contributed by atoms with E-state index in [9.17, 15) is 4.79 Å². The molecule has 1 heterocycles. The van der Waals surface area contributed by atoms with Gasteiger partial charge >= 0.3 is 0 Å². The van der Waals surface area contributed by atoms with Crippen LogP contribution < -0.4 is 5.32 Å². The molecule has 1 aliphatic rings. The minimum Gasteiger partial charge on any atom is -0.355 e. The van der Waals surface area contributed by atoms with Crippen molar-refractivity contribution in [3.8, 4) is 0 Å². The van der Waals surface area contributed by atoms with Gasteiger partial charge in [0, 0.05) is 16.5 Å². The van der Waals surface area contributed by atoms with Gasteiger partial charge in [0.25, 0.3) is 0 Å². The van der Waals surface area contributed by atoms with E-state index in [2.05, 4.69) is 24.1 Å². The lowest BCUT2D eigenvalue weighted by Gasteiger charge is -2.30. The highest BCUT2D eigenvalue weighted by Gasteiger charge is 2.18. The van der Waals surface area contributed by atoms with Crippen LogP contribution >= 0.6 is 23.4 Å². The molecule has 1 amide bonds. The summed E-state index contributed by atoms with van der Waals surface area (Å²) >= 11 is 7.52. The highest BCUT2D eigenvalue weighted by molar-refractivity contribution is 8.00. The molecule has 0 saturated carbocycles. The van der Waals surface area contributed by atoms with E-state index in [1.807, 2.05) is 24.3 Å². The van der Waals surface area contributed by atoms with Crippen LogP contribution in [0.5, 0.6) is 0 Å². The molecule has 1 saturated heterocycles.